The average Bonchev–Trinajstić information content (AvgIpc) is 3.23. The fourth-order valence-corrected chi connectivity index (χ4v) is 4.14. The minimum Gasteiger partial charge on any atom is -0.481 e. The molecule has 0 spiro atoms. The number of carbonyl (C=O) groups excluding carboxylic acids is 1. The number of carboxylic acids is 1. The van der Waals surface area contributed by atoms with E-state index < -0.39 is 12.1 Å². The number of ether oxygens (including phenoxy) is 1. The zero-order valence-corrected chi connectivity index (χ0v) is 14.4. The van der Waals surface area contributed by atoms with Crippen LogP contribution in [0.2, 0.25) is 0 Å². The van der Waals surface area contributed by atoms with Crippen molar-refractivity contribution in [1.82, 2.24) is 5.32 Å². The third-order valence-corrected chi connectivity index (χ3v) is 5.45. The third kappa shape index (κ3) is 3.05. The Balaban J connectivity index is 1.41. The molecule has 2 aliphatic rings. The Labute approximate surface area is 152 Å². The lowest BCUT2D eigenvalue weighted by Gasteiger charge is -2.16. The van der Waals surface area contributed by atoms with Gasteiger partial charge in [-0.2, -0.15) is 0 Å². The molecular weight excluding hydrogens is 330 g/mol. The van der Waals surface area contributed by atoms with E-state index >= 15 is 0 Å². The van der Waals surface area contributed by atoms with Gasteiger partial charge in [0, 0.05) is 12.0 Å². The van der Waals surface area contributed by atoms with Crippen molar-refractivity contribution >= 4 is 12.1 Å². The number of nitrogens with one attached hydrogen (secondary N) is 1. The summed E-state index contributed by atoms with van der Waals surface area (Å²) in [5.74, 6) is -1.13. The third-order valence-electron chi connectivity index (χ3n) is 5.45. The summed E-state index contributed by atoms with van der Waals surface area (Å²) in [5, 5.41) is 11.9. The van der Waals surface area contributed by atoms with E-state index in [2.05, 4.69) is 29.6 Å². The van der Waals surface area contributed by atoms with Crippen molar-refractivity contribution < 1.29 is 19.4 Å². The molecular formula is C21H21NO4. The van der Waals surface area contributed by atoms with Crippen LogP contribution in [-0.4, -0.2) is 29.8 Å². The second kappa shape index (κ2) is 6.83. The highest BCUT2D eigenvalue weighted by molar-refractivity contribution is 5.79. The molecule has 5 nitrogen and oxygen atoms in total. The summed E-state index contributed by atoms with van der Waals surface area (Å²) in [6.07, 6.45) is 1.28. The molecule has 1 amide bonds. The van der Waals surface area contributed by atoms with Gasteiger partial charge in [-0.25, -0.2) is 4.79 Å². The van der Waals surface area contributed by atoms with Crippen LogP contribution in [0.4, 0.5) is 4.79 Å². The second-order valence-electron chi connectivity index (χ2n) is 7.02. The van der Waals surface area contributed by atoms with Crippen molar-refractivity contribution in [2.45, 2.75) is 31.2 Å². The Bertz CT molecular complexity index is 802. The number of rotatable bonds is 4. The summed E-state index contributed by atoms with van der Waals surface area (Å²) < 4.78 is 5.50. The Kier molecular flexibility index (Phi) is 4.37. The Hall–Kier alpha value is -2.82. The summed E-state index contributed by atoms with van der Waals surface area (Å²) in [6, 6.07) is 16.3. The minimum atomic E-state index is -0.790. The predicted octanol–water partition coefficient (Wildman–Crippen LogP) is 3.78. The summed E-state index contributed by atoms with van der Waals surface area (Å²) in [6.45, 7) is 0.273. The van der Waals surface area contributed by atoms with Crippen LogP contribution >= 0.6 is 0 Å². The van der Waals surface area contributed by atoms with Gasteiger partial charge in [0.15, 0.2) is 0 Å². The molecule has 0 radical (unpaired) electrons. The maximum atomic E-state index is 12.2. The molecule has 2 N–H and O–H groups in total. The molecule has 0 aromatic heterocycles. The normalized spacial score (nSPS) is 21.1. The van der Waals surface area contributed by atoms with Gasteiger partial charge >= 0.3 is 12.1 Å². The first-order valence-corrected chi connectivity index (χ1v) is 8.98. The number of carboxylic acid groups (broad SMARTS) is 1. The second-order valence-corrected chi connectivity index (χ2v) is 7.02. The van der Waals surface area contributed by atoms with Gasteiger partial charge in [0.2, 0.25) is 0 Å². The van der Waals surface area contributed by atoms with E-state index in [1.807, 2.05) is 24.3 Å². The van der Waals surface area contributed by atoms with Crippen LogP contribution in [0.5, 0.6) is 0 Å². The van der Waals surface area contributed by atoms with E-state index in [1.54, 1.807) is 0 Å². The number of hydrogen-bond acceptors (Lipinski definition) is 3. The lowest BCUT2D eigenvalue weighted by atomic mass is 9.98. The Morgan fingerprint density at radius 3 is 2.19 bits per heavy atom. The SMILES string of the molecule is O=C(N[C@@H]1CC[C@H](C(=O)O)C1)OCC1c2ccccc2-c2ccccc21. The molecule has 2 aliphatic carbocycles. The van der Waals surface area contributed by atoms with Crippen molar-refractivity contribution in [3.63, 3.8) is 0 Å². The summed E-state index contributed by atoms with van der Waals surface area (Å²) >= 11 is 0. The van der Waals surface area contributed by atoms with Gasteiger partial charge in [0.25, 0.3) is 0 Å². The molecule has 2 aromatic carbocycles. The van der Waals surface area contributed by atoms with Crippen molar-refractivity contribution in [3.8, 4) is 11.1 Å². The first kappa shape index (κ1) is 16.6. The standard InChI is InChI=1S/C21H21NO4/c23-20(24)13-9-10-14(11-13)22-21(25)26-12-19-17-7-3-1-5-15(17)16-6-2-4-8-18(16)19/h1-8,13-14,19H,9-12H2,(H,22,25)(H,23,24)/t13-,14+/m0/s1. The molecule has 2 atom stereocenters. The topological polar surface area (TPSA) is 75.6 Å². The molecule has 0 aliphatic heterocycles. The maximum absolute atomic E-state index is 12.2. The van der Waals surface area contributed by atoms with Gasteiger partial charge < -0.3 is 15.2 Å². The van der Waals surface area contributed by atoms with E-state index in [1.165, 1.54) is 22.3 Å². The molecule has 2 aromatic rings. The first-order valence-electron chi connectivity index (χ1n) is 8.98. The monoisotopic (exact) mass is 351 g/mol. The highest BCUT2D eigenvalue weighted by Gasteiger charge is 2.32. The molecule has 26 heavy (non-hydrogen) atoms. The highest BCUT2D eigenvalue weighted by Crippen LogP contribution is 2.44. The largest absolute Gasteiger partial charge is 0.481 e. The van der Waals surface area contributed by atoms with Crippen LogP contribution in [0, 0.1) is 5.92 Å². The number of fused-ring (bicyclic) bond motifs is 3. The quantitative estimate of drug-likeness (QED) is 0.879. The van der Waals surface area contributed by atoms with Crippen LogP contribution in [0.1, 0.15) is 36.3 Å². The maximum Gasteiger partial charge on any atom is 0.407 e. The number of amides is 1. The Morgan fingerprint density at radius 2 is 1.62 bits per heavy atom. The van der Waals surface area contributed by atoms with E-state index in [-0.39, 0.29) is 24.5 Å². The van der Waals surface area contributed by atoms with Crippen LogP contribution in [0.3, 0.4) is 0 Å². The van der Waals surface area contributed by atoms with E-state index in [9.17, 15) is 9.59 Å². The molecule has 4 rings (SSSR count). The van der Waals surface area contributed by atoms with Gasteiger partial charge in [-0.15, -0.1) is 0 Å². The van der Waals surface area contributed by atoms with Crippen molar-refractivity contribution in [2.24, 2.45) is 5.92 Å². The molecule has 0 bridgehead atoms. The molecule has 0 unspecified atom stereocenters. The fourth-order valence-electron chi connectivity index (χ4n) is 4.14. The number of hydrogen-bond donors (Lipinski definition) is 2. The van der Waals surface area contributed by atoms with Crippen LogP contribution in [0.25, 0.3) is 11.1 Å². The van der Waals surface area contributed by atoms with E-state index in [4.69, 9.17) is 9.84 Å². The van der Waals surface area contributed by atoms with Gasteiger partial charge in [-0.3, -0.25) is 4.79 Å². The first-order chi connectivity index (χ1) is 12.6. The zero-order valence-electron chi connectivity index (χ0n) is 14.4. The van der Waals surface area contributed by atoms with Gasteiger partial charge in [-0.1, -0.05) is 48.5 Å². The van der Waals surface area contributed by atoms with Crippen LogP contribution in [0.15, 0.2) is 48.5 Å². The van der Waals surface area contributed by atoms with Crippen LogP contribution < -0.4 is 5.32 Å². The molecule has 0 heterocycles. The number of alkyl carbamates (subject to hydrolysis) is 1. The average molecular weight is 351 g/mol. The lowest BCUT2D eigenvalue weighted by molar-refractivity contribution is -0.141. The van der Waals surface area contributed by atoms with E-state index in [0.717, 1.165) is 0 Å². The van der Waals surface area contributed by atoms with Crippen LogP contribution in [-0.2, 0) is 9.53 Å². The number of benzene rings is 2. The fraction of sp³-hybridized carbons (Fsp3) is 0.333. The molecule has 5 heteroatoms. The van der Waals surface area contributed by atoms with Gasteiger partial charge in [0.1, 0.15) is 6.61 Å². The molecule has 134 valence electrons. The minimum absolute atomic E-state index is 0.0310. The van der Waals surface area contributed by atoms with E-state index in [0.29, 0.717) is 19.3 Å². The highest BCUT2D eigenvalue weighted by atomic mass is 16.5. The molecule has 0 saturated heterocycles. The molecule has 1 fully saturated rings. The van der Waals surface area contributed by atoms with Gasteiger partial charge in [0.05, 0.1) is 5.92 Å². The van der Waals surface area contributed by atoms with Crippen molar-refractivity contribution in [1.29, 1.82) is 0 Å². The summed E-state index contributed by atoms with van der Waals surface area (Å²) in [5.41, 5.74) is 4.73. The lowest BCUT2D eigenvalue weighted by Crippen LogP contribution is -2.34. The summed E-state index contributed by atoms with van der Waals surface area (Å²) in [4.78, 5) is 23.2. The molecule has 1 saturated carbocycles. The Morgan fingerprint density at radius 1 is 1.00 bits per heavy atom. The number of carbonyl (C=O) groups is 2. The van der Waals surface area contributed by atoms with Gasteiger partial charge in [-0.05, 0) is 41.5 Å². The predicted molar refractivity (Wildman–Crippen MR) is 97.0 cm³/mol. The summed E-state index contributed by atoms with van der Waals surface area (Å²) in [7, 11) is 0. The zero-order chi connectivity index (χ0) is 18.1. The van der Waals surface area contributed by atoms with Crippen molar-refractivity contribution in [2.75, 3.05) is 6.61 Å². The number of aliphatic carboxylic acids is 1. The van der Waals surface area contributed by atoms with Crippen molar-refractivity contribution in [3.05, 3.63) is 59.7 Å². The smallest absolute Gasteiger partial charge is 0.407 e.